The molecule has 0 fully saturated rings. The third-order valence-corrected chi connectivity index (χ3v) is 2.48. The largest absolute Gasteiger partial charge is 0.449 e. The molecule has 0 aromatic carbocycles. The van der Waals surface area contributed by atoms with E-state index in [1.54, 1.807) is 7.05 Å². The van der Waals surface area contributed by atoms with E-state index >= 15 is 0 Å². The van der Waals surface area contributed by atoms with Crippen molar-refractivity contribution in [3.63, 3.8) is 0 Å². The Kier molecular flexibility index (Phi) is 7.65. The average molecular weight is 343 g/mol. The Labute approximate surface area is 110 Å². The summed E-state index contributed by atoms with van der Waals surface area (Å²) in [5.41, 5.74) is 0. The molecule has 0 aromatic heterocycles. The molecule has 0 bridgehead atoms. The monoisotopic (exact) mass is 343 g/mol. The highest BCUT2D eigenvalue weighted by Crippen LogP contribution is 2.08. The Morgan fingerprint density at radius 3 is 2.19 bits per heavy atom. The van der Waals surface area contributed by atoms with Crippen molar-refractivity contribution in [2.45, 2.75) is 39.3 Å². The van der Waals surface area contributed by atoms with Crippen molar-refractivity contribution in [1.82, 2.24) is 5.32 Å². The number of likely N-dealkylation sites (N-methyl/N-ethyl adjacent to an activating group) is 1. The van der Waals surface area contributed by atoms with E-state index in [1.807, 2.05) is 13.8 Å². The summed E-state index contributed by atoms with van der Waals surface area (Å²) in [6, 6.07) is -0.385. The highest BCUT2D eigenvalue weighted by atomic mass is 127. The van der Waals surface area contributed by atoms with Gasteiger partial charge in [0.05, 0.1) is 0 Å². The summed E-state index contributed by atoms with van der Waals surface area (Å²) >= 11 is 1.47. The first kappa shape index (κ1) is 15.6. The maximum atomic E-state index is 11.6. The number of hydrogen-bond donors (Lipinski definition) is 1. The average Bonchev–Trinajstić information content (AvgIpc) is 2.23. The normalized spacial score (nSPS) is 14.4. The highest BCUT2D eigenvalue weighted by molar-refractivity contribution is 14.1. The second kappa shape index (κ2) is 7.83. The summed E-state index contributed by atoms with van der Waals surface area (Å²) in [5, 5.41) is 2.87. The van der Waals surface area contributed by atoms with Gasteiger partial charge in [-0.15, -0.1) is 0 Å². The number of rotatable bonds is 6. The number of nitrogens with one attached hydrogen (secondary N) is 1. The fraction of sp³-hybridized carbons (Fsp3) is 0.800. The van der Waals surface area contributed by atoms with Crippen LogP contribution in [0.1, 0.15) is 27.2 Å². The summed E-state index contributed by atoms with van der Waals surface area (Å²) < 4.78 is 9.42. The Balaban J connectivity index is 4.25. The van der Waals surface area contributed by atoms with Crippen LogP contribution in [-0.2, 0) is 17.4 Å². The predicted octanol–water partition coefficient (Wildman–Crippen LogP) is 1.45. The lowest BCUT2D eigenvalue weighted by atomic mass is 10.0. The Morgan fingerprint density at radius 1 is 1.25 bits per heavy atom. The molecule has 94 valence electrons. The fourth-order valence-corrected chi connectivity index (χ4v) is 1.53. The summed E-state index contributed by atoms with van der Waals surface area (Å²) in [5.74, 6) is -0.615. The lowest BCUT2D eigenvalue weighted by Gasteiger charge is -2.18. The van der Waals surface area contributed by atoms with Gasteiger partial charge < -0.3 is 13.1 Å². The van der Waals surface area contributed by atoms with Gasteiger partial charge in [0.15, 0.2) is 29.1 Å². The number of esters is 1. The number of halogens is 1. The molecule has 0 aliphatic carbocycles. The number of carbonyl (C=O) groups is 2. The minimum atomic E-state index is -0.868. The summed E-state index contributed by atoms with van der Waals surface area (Å²) in [7, 11) is 1.69. The first-order valence-corrected chi connectivity index (χ1v) is 6.00. The SMILES string of the molecule is CN[C@@H](CC(C)C)C(=O)O[C@H](C)C(=O)OI. The minimum absolute atomic E-state index is 0.372. The zero-order chi connectivity index (χ0) is 12.7. The van der Waals surface area contributed by atoms with Crippen LogP contribution in [0.2, 0.25) is 0 Å². The van der Waals surface area contributed by atoms with Crippen LogP contribution in [0, 0.1) is 5.92 Å². The van der Waals surface area contributed by atoms with E-state index in [2.05, 4.69) is 8.38 Å². The first-order valence-electron chi connectivity index (χ1n) is 5.12. The number of ether oxygens (including phenoxy) is 1. The van der Waals surface area contributed by atoms with Crippen molar-refractivity contribution >= 4 is 34.9 Å². The van der Waals surface area contributed by atoms with Crippen molar-refractivity contribution in [3.8, 4) is 0 Å². The molecule has 0 amide bonds. The van der Waals surface area contributed by atoms with E-state index in [-0.39, 0.29) is 6.04 Å². The summed E-state index contributed by atoms with van der Waals surface area (Å²) in [6.45, 7) is 5.52. The molecule has 16 heavy (non-hydrogen) atoms. The molecule has 5 nitrogen and oxygen atoms in total. The van der Waals surface area contributed by atoms with E-state index in [9.17, 15) is 9.59 Å². The minimum Gasteiger partial charge on any atom is -0.449 e. The van der Waals surface area contributed by atoms with Gasteiger partial charge in [-0.2, -0.15) is 0 Å². The molecule has 0 aromatic rings. The van der Waals surface area contributed by atoms with Crippen molar-refractivity contribution in [2.75, 3.05) is 7.05 Å². The molecule has 6 heteroatoms. The zero-order valence-electron chi connectivity index (χ0n) is 9.95. The molecule has 0 spiro atoms. The predicted molar refractivity (Wildman–Crippen MR) is 68.0 cm³/mol. The molecule has 1 N–H and O–H groups in total. The molecular weight excluding hydrogens is 325 g/mol. The van der Waals surface area contributed by atoms with Crippen molar-refractivity contribution < 1.29 is 17.4 Å². The molecule has 0 rings (SSSR count). The Hall–Kier alpha value is -0.370. The van der Waals surface area contributed by atoms with Gasteiger partial charge in [-0.25, -0.2) is 4.79 Å². The molecule has 0 saturated carbocycles. The van der Waals surface area contributed by atoms with E-state index in [0.717, 1.165) is 0 Å². The van der Waals surface area contributed by atoms with Crippen LogP contribution in [0.25, 0.3) is 0 Å². The van der Waals surface area contributed by atoms with E-state index in [0.29, 0.717) is 12.3 Å². The van der Waals surface area contributed by atoms with Gasteiger partial charge in [-0.1, -0.05) is 13.8 Å². The lowest BCUT2D eigenvalue weighted by Crippen LogP contribution is -2.39. The maximum Gasteiger partial charge on any atom is 0.356 e. The number of hydrogen-bond acceptors (Lipinski definition) is 5. The van der Waals surface area contributed by atoms with Gasteiger partial charge in [0.2, 0.25) is 0 Å². The Morgan fingerprint density at radius 2 is 1.81 bits per heavy atom. The second-order valence-corrected chi connectivity index (χ2v) is 4.39. The van der Waals surface area contributed by atoms with Gasteiger partial charge in [0.25, 0.3) is 0 Å². The molecule has 0 aliphatic rings. The quantitative estimate of drug-likeness (QED) is 0.584. The molecular formula is C10H18INO4. The van der Waals surface area contributed by atoms with Crippen LogP contribution in [-0.4, -0.2) is 31.1 Å². The zero-order valence-corrected chi connectivity index (χ0v) is 12.1. The summed E-state index contributed by atoms with van der Waals surface area (Å²) in [4.78, 5) is 22.7. The smallest absolute Gasteiger partial charge is 0.356 e. The van der Waals surface area contributed by atoms with Crippen LogP contribution in [0.4, 0.5) is 0 Å². The number of carbonyl (C=O) groups excluding carboxylic acids is 2. The van der Waals surface area contributed by atoms with Crippen LogP contribution in [0.15, 0.2) is 0 Å². The van der Waals surface area contributed by atoms with Crippen molar-refractivity contribution in [2.24, 2.45) is 5.92 Å². The van der Waals surface area contributed by atoms with Crippen LogP contribution >= 0.6 is 23.0 Å². The lowest BCUT2D eigenvalue weighted by molar-refractivity contribution is -0.161. The second-order valence-electron chi connectivity index (χ2n) is 3.95. The Bertz CT molecular complexity index is 245. The topological polar surface area (TPSA) is 64.6 Å². The van der Waals surface area contributed by atoms with Gasteiger partial charge in [0, 0.05) is 0 Å². The van der Waals surface area contributed by atoms with E-state index in [1.165, 1.54) is 29.9 Å². The van der Waals surface area contributed by atoms with Crippen LogP contribution in [0.3, 0.4) is 0 Å². The molecule has 0 radical (unpaired) electrons. The third kappa shape index (κ3) is 5.64. The summed E-state index contributed by atoms with van der Waals surface area (Å²) in [6.07, 6.45) is -0.200. The highest BCUT2D eigenvalue weighted by Gasteiger charge is 2.24. The van der Waals surface area contributed by atoms with Gasteiger partial charge in [-0.3, -0.25) is 4.79 Å². The van der Waals surface area contributed by atoms with Gasteiger partial charge in [-0.05, 0) is 26.3 Å². The van der Waals surface area contributed by atoms with Crippen molar-refractivity contribution in [1.29, 1.82) is 0 Å². The van der Waals surface area contributed by atoms with Crippen molar-refractivity contribution in [3.05, 3.63) is 0 Å². The molecule has 2 atom stereocenters. The van der Waals surface area contributed by atoms with E-state index in [4.69, 9.17) is 4.74 Å². The fourth-order valence-electron chi connectivity index (χ4n) is 1.17. The molecule has 0 heterocycles. The molecule has 0 saturated heterocycles. The standard InChI is InChI=1S/C10H18INO4/c1-6(2)5-8(12-4)10(14)15-7(3)9(13)16-11/h6-8,12H,5H2,1-4H3/t7-,8+/m1/s1. The van der Waals surface area contributed by atoms with Gasteiger partial charge >= 0.3 is 11.9 Å². The molecule has 0 aliphatic heterocycles. The maximum absolute atomic E-state index is 11.6. The molecule has 0 unspecified atom stereocenters. The van der Waals surface area contributed by atoms with Crippen LogP contribution < -0.4 is 5.32 Å². The van der Waals surface area contributed by atoms with Crippen LogP contribution in [0.5, 0.6) is 0 Å². The first-order chi connectivity index (χ1) is 7.42. The van der Waals surface area contributed by atoms with E-state index < -0.39 is 18.0 Å². The third-order valence-electron chi connectivity index (χ3n) is 2.04. The van der Waals surface area contributed by atoms with Gasteiger partial charge in [0.1, 0.15) is 6.04 Å².